The van der Waals surface area contributed by atoms with Gasteiger partial charge in [-0.1, -0.05) is 6.07 Å². The van der Waals surface area contributed by atoms with E-state index in [9.17, 15) is 4.39 Å². The molecule has 0 radical (unpaired) electrons. The fraction of sp³-hybridized carbons (Fsp3) is 0.111. The van der Waals surface area contributed by atoms with E-state index in [1.807, 2.05) is 0 Å². The van der Waals surface area contributed by atoms with Crippen LogP contribution in [-0.4, -0.2) is 12.1 Å². The summed E-state index contributed by atoms with van der Waals surface area (Å²) in [7, 11) is 1.52. The lowest BCUT2D eigenvalue weighted by Gasteiger charge is -1.96. The number of nitrogens with one attached hydrogen (secondary N) is 1. The minimum absolute atomic E-state index is 0.259. The first kappa shape index (κ1) is 7.16. The Morgan fingerprint density at radius 2 is 2.25 bits per heavy atom. The van der Waals surface area contributed by atoms with Crippen LogP contribution >= 0.6 is 0 Å². The van der Waals surface area contributed by atoms with Crippen molar-refractivity contribution in [3.05, 3.63) is 30.2 Å². The topological polar surface area (TPSA) is 25.0 Å². The predicted molar refractivity (Wildman–Crippen MR) is 44.8 cm³/mol. The lowest BCUT2D eigenvalue weighted by Crippen LogP contribution is -1.81. The van der Waals surface area contributed by atoms with Crippen LogP contribution in [0.4, 0.5) is 4.39 Å². The standard InChI is InChI=1S/C9H8FNO/c1-12-8-5-11-7-4-2-3-6(10)9(7)8/h2-5,11H,1H3. The molecule has 62 valence electrons. The molecule has 0 bridgehead atoms. The molecule has 0 aliphatic heterocycles. The molecule has 0 spiro atoms. The molecule has 0 amide bonds. The van der Waals surface area contributed by atoms with Gasteiger partial charge in [0, 0.05) is 6.20 Å². The van der Waals surface area contributed by atoms with Crippen molar-refractivity contribution in [2.24, 2.45) is 0 Å². The molecule has 3 heteroatoms. The Morgan fingerprint density at radius 3 is 3.00 bits per heavy atom. The largest absolute Gasteiger partial charge is 0.494 e. The van der Waals surface area contributed by atoms with Crippen molar-refractivity contribution >= 4 is 10.9 Å². The van der Waals surface area contributed by atoms with Crippen LogP contribution < -0.4 is 4.74 Å². The first-order valence-electron chi connectivity index (χ1n) is 3.62. The van der Waals surface area contributed by atoms with Crippen LogP contribution in [-0.2, 0) is 0 Å². The summed E-state index contributed by atoms with van der Waals surface area (Å²) in [6.45, 7) is 0. The molecular weight excluding hydrogens is 157 g/mol. The second kappa shape index (κ2) is 2.52. The molecule has 2 rings (SSSR count). The van der Waals surface area contributed by atoms with Crippen molar-refractivity contribution < 1.29 is 9.13 Å². The van der Waals surface area contributed by atoms with Crippen molar-refractivity contribution in [1.29, 1.82) is 0 Å². The number of fused-ring (bicyclic) bond motifs is 1. The molecule has 1 heterocycles. The number of H-pyrrole nitrogens is 1. The minimum atomic E-state index is -0.259. The van der Waals surface area contributed by atoms with Gasteiger partial charge < -0.3 is 9.72 Å². The van der Waals surface area contributed by atoms with E-state index in [0.29, 0.717) is 11.1 Å². The second-order valence-electron chi connectivity index (χ2n) is 2.52. The zero-order chi connectivity index (χ0) is 8.55. The quantitative estimate of drug-likeness (QED) is 0.689. The highest BCUT2D eigenvalue weighted by molar-refractivity contribution is 5.86. The number of hydrogen-bond acceptors (Lipinski definition) is 1. The van der Waals surface area contributed by atoms with Crippen molar-refractivity contribution in [3.63, 3.8) is 0 Å². The first-order valence-corrected chi connectivity index (χ1v) is 3.62. The van der Waals surface area contributed by atoms with Gasteiger partial charge in [-0.15, -0.1) is 0 Å². The van der Waals surface area contributed by atoms with Gasteiger partial charge in [-0.25, -0.2) is 4.39 Å². The number of rotatable bonds is 1. The third kappa shape index (κ3) is 0.863. The molecule has 2 aromatic rings. The Kier molecular flexibility index (Phi) is 1.50. The van der Waals surface area contributed by atoms with E-state index < -0.39 is 0 Å². The van der Waals surface area contributed by atoms with E-state index in [2.05, 4.69) is 4.98 Å². The maximum atomic E-state index is 13.2. The van der Waals surface area contributed by atoms with Gasteiger partial charge in [-0.05, 0) is 12.1 Å². The molecular formula is C9H8FNO. The zero-order valence-electron chi connectivity index (χ0n) is 6.60. The number of halogens is 1. The highest BCUT2D eigenvalue weighted by Crippen LogP contribution is 2.26. The van der Waals surface area contributed by atoms with Gasteiger partial charge in [-0.3, -0.25) is 0 Å². The molecule has 2 nitrogen and oxygen atoms in total. The maximum Gasteiger partial charge on any atom is 0.147 e. The Morgan fingerprint density at radius 1 is 1.42 bits per heavy atom. The van der Waals surface area contributed by atoms with Crippen LogP contribution in [0.1, 0.15) is 0 Å². The number of methoxy groups -OCH3 is 1. The molecule has 12 heavy (non-hydrogen) atoms. The molecule has 0 aliphatic carbocycles. The predicted octanol–water partition coefficient (Wildman–Crippen LogP) is 2.32. The molecule has 1 N–H and O–H groups in total. The molecule has 1 aromatic heterocycles. The molecule has 0 atom stereocenters. The molecule has 1 aromatic carbocycles. The third-order valence-electron chi connectivity index (χ3n) is 1.84. The average Bonchev–Trinajstić information content (AvgIpc) is 2.49. The number of aromatic nitrogens is 1. The SMILES string of the molecule is COc1c[nH]c2cccc(F)c12. The Balaban J connectivity index is 2.83. The normalized spacial score (nSPS) is 10.5. The van der Waals surface area contributed by atoms with Gasteiger partial charge in [0.05, 0.1) is 18.0 Å². The highest BCUT2D eigenvalue weighted by atomic mass is 19.1. The molecule has 0 unspecified atom stereocenters. The van der Waals surface area contributed by atoms with Crippen LogP contribution in [0.5, 0.6) is 5.75 Å². The molecule has 0 fully saturated rings. The van der Waals surface area contributed by atoms with Crippen LogP contribution in [0.2, 0.25) is 0 Å². The Hall–Kier alpha value is -1.51. The number of ether oxygens (including phenoxy) is 1. The second-order valence-corrected chi connectivity index (χ2v) is 2.52. The van der Waals surface area contributed by atoms with E-state index in [1.165, 1.54) is 13.2 Å². The highest BCUT2D eigenvalue weighted by Gasteiger charge is 2.07. The van der Waals surface area contributed by atoms with Gasteiger partial charge in [0.1, 0.15) is 11.6 Å². The number of hydrogen-bond donors (Lipinski definition) is 1. The first-order chi connectivity index (χ1) is 5.83. The van der Waals surface area contributed by atoms with Crippen LogP contribution in [0.25, 0.3) is 10.9 Å². The molecule has 0 saturated heterocycles. The Labute approximate surface area is 69.0 Å². The molecule has 0 aliphatic rings. The smallest absolute Gasteiger partial charge is 0.147 e. The van der Waals surface area contributed by atoms with Crippen molar-refractivity contribution in [3.8, 4) is 5.75 Å². The number of aromatic amines is 1. The summed E-state index contributed by atoms with van der Waals surface area (Å²) in [5.41, 5.74) is 0.756. The average molecular weight is 165 g/mol. The monoisotopic (exact) mass is 165 g/mol. The summed E-state index contributed by atoms with van der Waals surface area (Å²) in [5.74, 6) is 0.286. The van der Waals surface area contributed by atoms with Crippen LogP contribution in [0.3, 0.4) is 0 Å². The van der Waals surface area contributed by atoms with Crippen LogP contribution in [0.15, 0.2) is 24.4 Å². The summed E-state index contributed by atoms with van der Waals surface area (Å²) in [4.78, 5) is 2.91. The van der Waals surface area contributed by atoms with Gasteiger partial charge in [0.25, 0.3) is 0 Å². The molecule has 0 saturated carbocycles. The van der Waals surface area contributed by atoms with E-state index in [1.54, 1.807) is 18.3 Å². The summed E-state index contributed by atoms with van der Waals surface area (Å²) in [5, 5.41) is 0.514. The maximum absolute atomic E-state index is 13.2. The number of benzene rings is 1. The summed E-state index contributed by atoms with van der Waals surface area (Å²) in [6, 6.07) is 4.88. The van der Waals surface area contributed by atoms with E-state index in [4.69, 9.17) is 4.74 Å². The van der Waals surface area contributed by atoms with Crippen molar-refractivity contribution in [1.82, 2.24) is 4.98 Å². The Bertz CT molecular complexity index is 408. The summed E-state index contributed by atoms with van der Waals surface area (Å²) in [6.07, 6.45) is 1.65. The van der Waals surface area contributed by atoms with Gasteiger partial charge in [0.15, 0.2) is 0 Å². The fourth-order valence-electron chi connectivity index (χ4n) is 1.27. The minimum Gasteiger partial charge on any atom is -0.494 e. The van der Waals surface area contributed by atoms with Gasteiger partial charge in [0.2, 0.25) is 0 Å². The van der Waals surface area contributed by atoms with Crippen molar-refractivity contribution in [2.75, 3.05) is 7.11 Å². The lowest BCUT2D eigenvalue weighted by molar-refractivity contribution is 0.418. The summed E-state index contributed by atoms with van der Waals surface area (Å²) >= 11 is 0. The zero-order valence-corrected chi connectivity index (χ0v) is 6.60. The lowest BCUT2D eigenvalue weighted by atomic mass is 10.2. The van der Waals surface area contributed by atoms with Gasteiger partial charge in [-0.2, -0.15) is 0 Å². The van der Waals surface area contributed by atoms with Gasteiger partial charge >= 0.3 is 0 Å². The van der Waals surface area contributed by atoms with E-state index in [0.717, 1.165) is 5.52 Å². The summed E-state index contributed by atoms with van der Waals surface area (Å²) < 4.78 is 18.1. The third-order valence-corrected chi connectivity index (χ3v) is 1.84. The van der Waals surface area contributed by atoms with E-state index in [-0.39, 0.29) is 5.82 Å². The van der Waals surface area contributed by atoms with Crippen LogP contribution in [0, 0.1) is 5.82 Å². The van der Waals surface area contributed by atoms with Crippen molar-refractivity contribution in [2.45, 2.75) is 0 Å². The fourth-order valence-corrected chi connectivity index (χ4v) is 1.27. The van der Waals surface area contributed by atoms with E-state index >= 15 is 0 Å².